The van der Waals surface area contributed by atoms with E-state index in [0.29, 0.717) is 18.2 Å². The second-order valence-corrected chi connectivity index (χ2v) is 9.64. The number of aromatic nitrogens is 2. The number of likely N-dealkylation sites (tertiary alicyclic amines) is 1. The molecule has 1 atom stereocenters. The fraction of sp³-hybridized carbons (Fsp3) is 0.560. The van der Waals surface area contributed by atoms with Crippen LogP contribution < -0.4 is 9.64 Å². The molecule has 10 heteroatoms. The monoisotopic (exact) mass is 487 g/mol. The van der Waals surface area contributed by atoms with Crippen LogP contribution in [0.4, 0.5) is 19.4 Å². The van der Waals surface area contributed by atoms with Crippen molar-refractivity contribution in [3.05, 3.63) is 36.8 Å². The smallest absolute Gasteiger partial charge is 0.409 e. The van der Waals surface area contributed by atoms with E-state index in [9.17, 15) is 13.6 Å². The van der Waals surface area contributed by atoms with Crippen LogP contribution in [0, 0.1) is 5.41 Å². The zero-order chi connectivity index (χ0) is 24.4. The lowest BCUT2D eigenvalue weighted by Gasteiger charge is -2.48. The van der Waals surface area contributed by atoms with Crippen LogP contribution in [0.3, 0.4) is 0 Å². The van der Waals surface area contributed by atoms with Gasteiger partial charge in [-0.05, 0) is 44.4 Å². The molecule has 0 radical (unpaired) electrons. The summed E-state index contributed by atoms with van der Waals surface area (Å²) in [5.74, 6) is 0.861. The highest BCUT2D eigenvalue weighted by atomic mass is 19.3. The molecule has 0 bridgehead atoms. The normalized spacial score (nSPS) is 21.9. The van der Waals surface area contributed by atoms with E-state index in [4.69, 9.17) is 4.74 Å². The van der Waals surface area contributed by atoms with Gasteiger partial charge in [0.1, 0.15) is 11.6 Å². The quantitative estimate of drug-likeness (QED) is 0.613. The van der Waals surface area contributed by atoms with Crippen molar-refractivity contribution < 1.29 is 23.0 Å². The van der Waals surface area contributed by atoms with Gasteiger partial charge in [-0.25, -0.2) is 9.78 Å². The SMILES string of the molecule is CCOC(=O)N1CC2(CCC(N3CCN(c4ncccc4-c4cncc(OC(F)F)c4)CC3)C2)C1. The lowest BCUT2D eigenvalue weighted by atomic mass is 9.78. The Balaban J connectivity index is 1.20. The molecule has 0 N–H and O–H groups in total. The third kappa shape index (κ3) is 5.03. The van der Waals surface area contributed by atoms with Gasteiger partial charge in [-0.3, -0.25) is 9.88 Å². The maximum atomic E-state index is 12.7. The molecule has 3 fully saturated rings. The largest absolute Gasteiger partial charge is 0.450 e. The Kier molecular flexibility index (Phi) is 6.73. The molecule has 4 heterocycles. The van der Waals surface area contributed by atoms with E-state index >= 15 is 0 Å². The van der Waals surface area contributed by atoms with Gasteiger partial charge >= 0.3 is 12.7 Å². The van der Waals surface area contributed by atoms with Gasteiger partial charge in [0.25, 0.3) is 0 Å². The van der Waals surface area contributed by atoms with E-state index in [1.807, 2.05) is 24.0 Å². The minimum absolute atomic E-state index is 0.0322. The highest BCUT2D eigenvalue weighted by Crippen LogP contribution is 2.47. The number of alkyl halides is 2. The minimum Gasteiger partial charge on any atom is -0.450 e. The highest BCUT2D eigenvalue weighted by Gasteiger charge is 2.51. The van der Waals surface area contributed by atoms with Crippen LogP contribution in [-0.4, -0.2) is 84.4 Å². The average Bonchev–Trinajstić information content (AvgIpc) is 3.29. The molecule has 2 aromatic rings. The number of carbonyl (C=O) groups is 1. The van der Waals surface area contributed by atoms with Crippen molar-refractivity contribution in [3.63, 3.8) is 0 Å². The Morgan fingerprint density at radius 2 is 2.03 bits per heavy atom. The maximum absolute atomic E-state index is 12.7. The van der Waals surface area contributed by atoms with Gasteiger partial charge < -0.3 is 19.3 Å². The first-order chi connectivity index (χ1) is 17.0. The molecular weight excluding hydrogens is 456 g/mol. The molecule has 2 aromatic heterocycles. The van der Waals surface area contributed by atoms with E-state index in [-0.39, 0.29) is 17.3 Å². The second-order valence-electron chi connectivity index (χ2n) is 9.64. The summed E-state index contributed by atoms with van der Waals surface area (Å²) in [6.07, 6.45) is 7.93. The zero-order valence-corrected chi connectivity index (χ0v) is 19.9. The van der Waals surface area contributed by atoms with Crippen molar-refractivity contribution in [1.82, 2.24) is 19.8 Å². The van der Waals surface area contributed by atoms with Gasteiger partial charge in [0.05, 0.1) is 12.8 Å². The number of nitrogens with zero attached hydrogens (tertiary/aromatic N) is 5. The summed E-state index contributed by atoms with van der Waals surface area (Å²) in [7, 11) is 0. The molecular formula is C25H31F2N5O3. The van der Waals surface area contributed by atoms with Gasteiger partial charge in [-0.15, -0.1) is 0 Å². The molecule has 1 spiro atoms. The summed E-state index contributed by atoms with van der Waals surface area (Å²) in [5.41, 5.74) is 1.80. The molecule has 5 rings (SSSR count). The highest BCUT2D eigenvalue weighted by molar-refractivity contribution is 5.76. The molecule has 1 unspecified atom stereocenters. The summed E-state index contributed by atoms with van der Waals surface area (Å²) < 4.78 is 35.0. The number of pyridine rings is 2. The summed E-state index contributed by atoms with van der Waals surface area (Å²) in [4.78, 5) is 27.3. The molecule has 2 saturated heterocycles. The van der Waals surface area contributed by atoms with Crippen LogP contribution in [0.2, 0.25) is 0 Å². The maximum Gasteiger partial charge on any atom is 0.409 e. The predicted molar refractivity (Wildman–Crippen MR) is 127 cm³/mol. The summed E-state index contributed by atoms with van der Waals surface area (Å²) in [6, 6.07) is 5.89. The second kappa shape index (κ2) is 9.93. The van der Waals surface area contributed by atoms with Crippen molar-refractivity contribution in [3.8, 4) is 16.9 Å². The Bertz CT molecular complexity index is 1040. The molecule has 1 aliphatic carbocycles. The van der Waals surface area contributed by atoms with Gasteiger partial charge in [-0.2, -0.15) is 8.78 Å². The molecule has 8 nitrogen and oxygen atoms in total. The third-order valence-corrected chi connectivity index (χ3v) is 7.42. The number of piperazine rings is 1. The van der Waals surface area contributed by atoms with Crippen LogP contribution in [0.25, 0.3) is 11.1 Å². The summed E-state index contributed by atoms with van der Waals surface area (Å²) in [6.45, 7) is 4.52. The first kappa shape index (κ1) is 23.7. The Morgan fingerprint density at radius 3 is 2.77 bits per heavy atom. The van der Waals surface area contributed by atoms with E-state index in [1.54, 1.807) is 18.5 Å². The third-order valence-electron chi connectivity index (χ3n) is 7.42. The van der Waals surface area contributed by atoms with E-state index in [1.165, 1.54) is 6.20 Å². The topological polar surface area (TPSA) is 71.0 Å². The number of carbonyl (C=O) groups excluding carboxylic acids is 1. The number of rotatable bonds is 6. The zero-order valence-electron chi connectivity index (χ0n) is 19.9. The Labute approximate surface area is 203 Å². The number of ether oxygens (including phenoxy) is 2. The van der Waals surface area contributed by atoms with Gasteiger partial charge in [-0.1, -0.05) is 0 Å². The number of anilines is 1. The number of halogens is 2. The van der Waals surface area contributed by atoms with Gasteiger partial charge in [0.2, 0.25) is 0 Å². The summed E-state index contributed by atoms with van der Waals surface area (Å²) in [5, 5.41) is 0. The van der Waals surface area contributed by atoms with E-state index in [0.717, 1.165) is 69.9 Å². The van der Waals surface area contributed by atoms with Crippen molar-refractivity contribution in [2.75, 3.05) is 50.8 Å². The van der Waals surface area contributed by atoms with Gasteiger partial charge in [0.15, 0.2) is 0 Å². The van der Waals surface area contributed by atoms with Crippen LogP contribution in [0.5, 0.6) is 5.75 Å². The van der Waals surface area contributed by atoms with Crippen LogP contribution in [-0.2, 0) is 4.74 Å². The van der Waals surface area contributed by atoms with E-state index in [2.05, 4.69) is 24.5 Å². The number of amides is 1. The van der Waals surface area contributed by atoms with Crippen molar-refractivity contribution in [1.29, 1.82) is 0 Å². The first-order valence-corrected chi connectivity index (χ1v) is 12.2. The van der Waals surface area contributed by atoms with Crippen molar-refractivity contribution >= 4 is 11.9 Å². The fourth-order valence-corrected chi connectivity index (χ4v) is 5.79. The molecule has 1 amide bonds. The van der Waals surface area contributed by atoms with Crippen LogP contribution in [0.1, 0.15) is 26.2 Å². The lowest BCUT2D eigenvalue weighted by Crippen LogP contribution is -2.58. The van der Waals surface area contributed by atoms with Crippen LogP contribution >= 0.6 is 0 Å². The first-order valence-electron chi connectivity index (χ1n) is 12.2. The molecule has 1 saturated carbocycles. The minimum atomic E-state index is -2.89. The molecule has 2 aliphatic heterocycles. The predicted octanol–water partition coefficient (Wildman–Crippen LogP) is 3.88. The number of hydrogen-bond donors (Lipinski definition) is 0. The lowest BCUT2D eigenvalue weighted by molar-refractivity contribution is -0.0500. The van der Waals surface area contributed by atoms with Gasteiger partial charge in [0, 0.05) is 74.2 Å². The Morgan fingerprint density at radius 1 is 1.23 bits per heavy atom. The summed E-state index contributed by atoms with van der Waals surface area (Å²) >= 11 is 0. The molecule has 0 aromatic carbocycles. The average molecular weight is 488 g/mol. The van der Waals surface area contributed by atoms with E-state index < -0.39 is 6.61 Å². The number of hydrogen-bond acceptors (Lipinski definition) is 7. The molecule has 3 aliphatic rings. The fourth-order valence-electron chi connectivity index (χ4n) is 5.79. The molecule has 188 valence electrons. The van der Waals surface area contributed by atoms with Crippen molar-refractivity contribution in [2.24, 2.45) is 5.41 Å². The van der Waals surface area contributed by atoms with Crippen LogP contribution in [0.15, 0.2) is 36.8 Å². The van der Waals surface area contributed by atoms with Crippen molar-refractivity contribution in [2.45, 2.75) is 38.8 Å². The standard InChI is InChI=1S/C25H31F2N5O3/c1-2-34-24(33)32-16-25(17-32)6-5-19(13-25)30-8-10-31(11-9-30)22-21(4-3-7-29-22)18-12-20(15-28-14-18)35-23(26)27/h3-4,7,12,14-15,19,23H,2,5-6,8-11,13,16-17H2,1H3. The Hall–Kier alpha value is -3.01. The molecule has 35 heavy (non-hydrogen) atoms.